The molecule has 14 heteroatoms. The average molecular weight is 679 g/mol. The number of carbonyl (C=O) groups excluding carboxylic acids is 2. The number of nitrogens with one attached hydrogen (secondary N) is 2. The Balaban J connectivity index is 1.09. The highest BCUT2D eigenvalue weighted by atomic mass is 19.4. The summed E-state index contributed by atoms with van der Waals surface area (Å²) in [6, 6.07) is 20.5. The molecule has 3 aromatic rings. The van der Waals surface area contributed by atoms with E-state index in [1.807, 2.05) is 30.3 Å². The summed E-state index contributed by atoms with van der Waals surface area (Å²) in [7, 11) is 0. The van der Waals surface area contributed by atoms with Crippen molar-refractivity contribution in [2.75, 3.05) is 84.5 Å². The van der Waals surface area contributed by atoms with E-state index in [1.165, 1.54) is 18.2 Å². The molecule has 11 nitrogen and oxygen atoms in total. The predicted octanol–water partition coefficient (Wildman–Crippen LogP) is 5.62. The van der Waals surface area contributed by atoms with E-state index in [4.69, 9.17) is 33.2 Å². The highest BCUT2D eigenvalue weighted by Crippen LogP contribution is 2.32. The number of ether oxygens (including phenoxy) is 7. The first kappa shape index (κ1) is 38.2. The van der Waals surface area contributed by atoms with Gasteiger partial charge in [0, 0.05) is 12.2 Å². The third-order valence-electron chi connectivity index (χ3n) is 6.29. The summed E-state index contributed by atoms with van der Waals surface area (Å²) in [5.41, 5.74) is 0.807. The summed E-state index contributed by atoms with van der Waals surface area (Å²) in [5, 5.41) is 5.47. The number of rotatable bonds is 23. The maximum absolute atomic E-state index is 13.0. The highest BCUT2D eigenvalue weighted by molar-refractivity contribution is 5.96. The molecule has 0 aliphatic rings. The van der Waals surface area contributed by atoms with E-state index >= 15 is 0 Å². The highest BCUT2D eigenvalue weighted by Gasteiger charge is 2.30. The van der Waals surface area contributed by atoms with E-state index in [2.05, 4.69) is 10.6 Å². The smallest absolute Gasteiger partial charge is 0.416 e. The lowest BCUT2D eigenvalue weighted by Crippen LogP contribution is -2.28. The first-order valence-corrected chi connectivity index (χ1v) is 15.4. The third-order valence-corrected chi connectivity index (χ3v) is 6.29. The van der Waals surface area contributed by atoms with Gasteiger partial charge in [-0.25, -0.2) is 9.59 Å². The van der Waals surface area contributed by atoms with Crippen LogP contribution in [-0.2, 0) is 45.9 Å². The molecule has 0 heterocycles. The maximum Gasteiger partial charge on any atom is 0.416 e. The quantitative estimate of drug-likeness (QED) is 0.0966. The van der Waals surface area contributed by atoms with Gasteiger partial charge in [-0.3, -0.25) is 0 Å². The number of para-hydroxylation sites is 1. The maximum atomic E-state index is 13.0. The minimum absolute atomic E-state index is 0.00834. The molecule has 262 valence electrons. The van der Waals surface area contributed by atoms with Gasteiger partial charge < -0.3 is 43.8 Å². The van der Waals surface area contributed by atoms with Gasteiger partial charge in [-0.15, -0.1) is 0 Å². The summed E-state index contributed by atoms with van der Waals surface area (Å²) in [6.45, 7) is 3.99. The molecule has 3 rings (SSSR count). The van der Waals surface area contributed by atoms with Crippen molar-refractivity contribution in [1.29, 1.82) is 0 Å². The van der Waals surface area contributed by atoms with Gasteiger partial charge in [-0.1, -0.05) is 48.5 Å². The normalized spacial score (nSPS) is 11.2. The van der Waals surface area contributed by atoms with Crippen LogP contribution in [0, 0.1) is 0 Å². The standard InChI is InChI=1S/C34H41F3N2O9/c35-34(36,37)28-9-6-10-29(25-28)39-31-12-5-4-11-30(31)32(40)47-24-23-46-22-21-45-20-19-44-18-17-43-16-15-42-14-13-38-33(41)48-26-27-7-2-1-3-8-27/h1-12,25,39H,13-24,26H2,(H,38,41). The number of hydrogen-bond donors (Lipinski definition) is 2. The number of alkyl carbamates (subject to hydrolysis) is 1. The molecular formula is C34H41F3N2O9. The first-order chi connectivity index (χ1) is 23.3. The fraction of sp³-hybridized carbons (Fsp3) is 0.412. The zero-order valence-corrected chi connectivity index (χ0v) is 26.5. The van der Waals surface area contributed by atoms with Crippen LogP contribution in [0.2, 0.25) is 0 Å². The molecule has 0 saturated carbocycles. The second kappa shape index (κ2) is 22.4. The number of esters is 1. The molecule has 0 atom stereocenters. The van der Waals surface area contributed by atoms with Crippen molar-refractivity contribution in [3.8, 4) is 0 Å². The lowest BCUT2D eigenvalue weighted by molar-refractivity contribution is -0.137. The van der Waals surface area contributed by atoms with Gasteiger partial charge in [0.25, 0.3) is 0 Å². The van der Waals surface area contributed by atoms with Crippen molar-refractivity contribution in [2.24, 2.45) is 0 Å². The largest absolute Gasteiger partial charge is 0.460 e. The van der Waals surface area contributed by atoms with E-state index in [9.17, 15) is 22.8 Å². The topological polar surface area (TPSA) is 123 Å². The number of hydrogen-bond acceptors (Lipinski definition) is 10. The Morgan fingerprint density at radius 3 is 1.79 bits per heavy atom. The number of alkyl halides is 3. The monoisotopic (exact) mass is 678 g/mol. The second-order valence-corrected chi connectivity index (χ2v) is 9.94. The van der Waals surface area contributed by atoms with Crippen LogP contribution >= 0.6 is 0 Å². The van der Waals surface area contributed by atoms with Crippen LogP contribution in [0.1, 0.15) is 21.5 Å². The van der Waals surface area contributed by atoms with Crippen LogP contribution in [-0.4, -0.2) is 91.3 Å². The Labute approximate surface area is 277 Å². The SMILES string of the molecule is O=C(NCCOCCOCCOCCOCCOCCOC(=O)c1ccccc1Nc1cccc(C(F)(F)F)c1)OCc1ccccc1. The zero-order valence-electron chi connectivity index (χ0n) is 26.5. The Hall–Kier alpha value is -4.21. The van der Waals surface area contributed by atoms with Crippen molar-refractivity contribution < 1.29 is 55.9 Å². The van der Waals surface area contributed by atoms with Crippen LogP contribution in [0.4, 0.5) is 29.3 Å². The molecule has 2 N–H and O–H groups in total. The molecule has 0 spiro atoms. The Morgan fingerprint density at radius 2 is 1.17 bits per heavy atom. The van der Waals surface area contributed by atoms with Crippen molar-refractivity contribution in [2.45, 2.75) is 12.8 Å². The molecule has 3 aromatic carbocycles. The summed E-state index contributed by atoms with van der Waals surface area (Å²) in [4.78, 5) is 24.2. The van der Waals surface area contributed by atoms with Gasteiger partial charge in [-0.05, 0) is 35.9 Å². The molecular weight excluding hydrogens is 637 g/mol. The van der Waals surface area contributed by atoms with Gasteiger partial charge >= 0.3 is 18.2 Å². The molecule has 0 bridgehead atoms. The fourth-order valence-corrected chi connectivity index (χ4v) is 3.95. The van der Waals surface area contributed by atoms with Crippen LogP contribution in [0.3, 0.4) is 0 Å². The summed E-state index contributed by atoms with van der Waals surface area (Å²) >= 11 is 0. The predicted molar refractivity (Wildman–Crippen MR) is 170 cm³/mol. The number of carbonyl (C=O) groups is 2. The molecule has 0 aliphatic heterocycles. The van der Waals surface area contributed by atoms with Gasteiger partial charge in [0.2, 0.25) is 0 Å². The van der Waals surface area contributed by atoms with E-state index in [0.29, 0.717) is 71.7 Å². The summed E-state index contributed by atoms with van der Waals surface area (Å²) in [6.07, 6.45) is -4.98. The van der Waals surface area contributed by atoms with Crippen LogP contribution in [0.15, 0.2) is 78.9 Å². The van der Waals surface area contributed by atoms with Crippen molar-refractivity contribution in [3.63, 3.8) is 0 Å². The van der Waals surface area contributed by atoms with Gasteiger partial charge in [-0.2, -0.15) is 13.2 Å². The number of amides is 1. The molecule has 0 unspecified atom stereocenters. The molecule has 0 aromatic heterocycles. The van der Waals surface area contributed by atoms with Crippen LogP contribution < -0.4 is 10.6 Å². The summed E-state index contributed by atoms with van der Waals surface area (Å²) < 4.78 is 76.6. The van der Waals surface area contributed by atoms with E-state index in [1.54, 1.807) is 18.2 Å². The van der Waals surface area contributed by atoms with E-state index in [-0.39, 0.29) is 31.1 Å². The lowest BCUT2D eigenvalue weighted by atomic mass is 10.1. The van der Waals surface area contributed by atoms with Gasteiger partial charge in [0.1, 0.15) is 13.2 Å². The molecule has 0 saturated heterocycles. The zero-order chi connectivity index (χ0) is 34.3. The Bertz CT molecular complexity index is 1350. The van der Waals surface area contributed by atoms with Crippen molar-refractivity contribution in [3.05, 3.63) is 95.6 Å². The van der Waals surface area contributed by atoms with Crippen LogP contribution in [0.25, 0.3) is 0 Å². The van der Waals surface area contributed by atoms with Crippen LogP contribution in [0.5, 0.6) is 0 Å². The third kappa shape index (κ3) is 16.1. The molecule has 1 amide bonds. The minimum Gasteiger partial charge on any atom is -0.460 e. The Morgan fingerprint density at radius 1 is 0.604 bits per heavy atom. The Kier molecular flexibility index (Phi) is 17.8. The van der Waals surface area contributed by atoms with Crippen molar-refractivity contribution in [1.82, 2.24) is 5.32 Å². The molecule has 48 heavy (non-hydrogen) atoms. The molecule has 0 radical (unpaired) electrons. The second-order valence-electron chi connectivity index (χ2n) is 9.94. The number of benzene rings is 3. The number of anilines is 2. The molecule has 0 fully saturated rings. The first-order valence-electron chi connectivity index (χ1n) is 15.4. The van der Waals surface area contributed by atoms with Gasteiger partial charge in [0.15, 0.2) is 0 Å². The van der Waals surface area contributed by atoms with E-state index in [0.717, 1.165) is 17.7 Å². The minimum atomic E-state index is -4.48. The average Bonchev–Trinajstić information content (AvgIpc) is 3.08. The van der Waals surface area contributed by atoms with E-state index < -0.39 is 23.8 Å². The van der Waals surface area contributed by atoms with Crippen molar-refractivity contribution >= 4 is 23.4 Å². The fourth-order valence-electron chi connectivity index (χ4n) is 3.95. The molecule has 0 aliphatic carbocycles. The van der Waals surface area contributed by atoms with Gasteiger partial charge in [0.05, 0.1) is 82.9 Å². The summed E-state index contributed by atoms with van der Waals surface area (Å²) in [5.74, 6) is -0.634. The number of halogens is 3. The lowest BCUT2D eigenvalue weighted by Gasteiger charge is -2.13.